The van der Waals surface area contributed by atoms with Crippen LogP contribution in [0, 0.1) is 0 Å². The lowest BCUT2D eigenvalue weighted by Crippen LogP contribution is -1.90. The molecule has 0 saturated carbocycles. The van der Waals surface area contributed by atoms with Crippen LogP contribution in [-0.2, 0) is 11.2 Å². The first-order valence-electron chi connectivity index (χ1n) is 4.44. The van der Waals surface area contributed by atoms with Crippen LogP contribution in [-0.4, -0.2) is 18.0 Å². The van der Waals surface area contributed by atoms with E-state index in [0.29, 0.717) is 5.76 Å². The Labute approximate surface area is 77.4 Å². The predicted octanol–water partition coefficient (Wildman–Crippen LogP) is 1.44. The van der Waals surface area contributed by atoms with Gasteiger partial charge in [-0.2, -0.15) is 0 Å². The summed E-state index contributed by atoms with van der Waals surface area (Å²) in [6.07, 6.45) is 6.83. The van der Waals surface area contributed by atoms with Gasteiger partial charge >= 0.3 is 0 Å². The number of hydrogen-bond donors (Lipinski definition) is 1. The molecule has 1 aromatic rings. The summed E-state index contributed by atoms with van der Waals surface area (Å²) >= 11 is 0. The average molecular weight is 181 g/mol. The molecular weight excluding hydrogens is 168 g/mol. The molecule has 0 atom stereocenters. The van der Waals surface area contributed by atoms with Crippen molar-refractivity contribution in [2.75, 3.05) is 6.61 Å². The van der Waals surface area contributed by atoms with E-state index in [-0.39, 0.29) is 6.61 Å². The molecule has 0 unspecified atom stereocenters. The highest BCUT2D eigenvalue weighted by Gasteiger charge is 2.04. The van der Waals surface area contributed by atoms with Gasteiger partial charge in [0, 0.05) is 12.2 Å². The molecule has 13 heavy (non-hydrogen) atoms. The van der Waals surface area contributed by atoms with E-state index >= 15 is 0 Å². The second kappa shape index (κ2) is 5.54. The topological polar surface area (TPSA) is 50.4 Å². The molecule has 1 aromatic heterocycles. The lowest BCUT2D eigenvalue weighted by molar-refractivity contribution is 0.283. The highest BCUT2D eigenvalue weighted by Crippen LogP contribution is 2.11. The standard InChI is InChI=1S/C10H13O3/c11-6-3-1-2-4-9-5-7-13-10(9)8-12/h5,7,11H,1-4,6H2. The van der Waals surface area contributed by atoms with Crippen LogP contribution >= 0.6 is 0 Å². The van der Waals surface area contributed by atoms with Crippen LogP contribution in [0.2, 0.25) is 0 Å². The van der Waals surface area contributed by atoms with Crippen molar-refractivity contribution in [3.63, 3.8) is 0 Å². The molecule has 1 radical (unpaired) electrons. The number of aliphatic hydroxyl groups excluding tert-OH is 1. The zero-order valence-corrected chi connectivity index (χ0v) is 7.45. The first-order chi connectivity index (χ1) is 6.38. The third kappa shape index (κ3) is 3.03. The summed E-state index contributed by atoms with van der Waals surface area (Å²) in [4.78, 5) is 10.3. The number of rotatable bonds is 6. The largest absolute Gasteiger partial charge is 0.460 e. The first kappa shape index (κ1) is 9.99. The minimum absolute atomic E-state index is 0.234. The van der Waals surface area contributed by atoms with Crippen LogP contribution in [0.15, 0.2) is 16.7 Å². The third-order valence-corrected chi connectivity index (χ3v) is 1.94. The van der Waals surface area contributed by atoms with Gasteiger partial charge in [0.2, 0.25) is 0 Å². The summed E-state index contributed by atoms with van der Waals surface area (Å²) in [5.41, 5.74) is 0.910. The molecule has 0 aliphatic rings. The fourth-order valence-electron chi connectivity index (χ4n) is 1.23. The predicted molar refractivity (Wildman–Crippen MR) is 48.1 cm³/mol. The molecule has 0 aliphatic carbocycles. The van der Waals surface area contributed by atoms with Crippen LogP contribution in [0.4, 0.5) is 0 Å². The number of carbonyl (C=O) groups excluding carboxylic acids is 1. The Morgan fingerprint density at radius 1 is 1.38 bits per heavy atom. The van der Waals surface area contributed by atoms with Crippen LogP contribution < -0.4 is 0 Å². The Morgan fingerprint density at radius 2 is 2.23 bits per heavy atom. The van der Waals surface area contributed by atoms with Gasteiger partial charge in [-0.15, -0.1) is 0 Å². The van der Waals surface area contributed by atoms with Crippen molar-refractivity contribution in [3.8, 4) is 0 Å². The molecule has 0 bridgehead atoms. The van der Waals surface area contributed by atoms with Gasteiger partial charge < -0.3 is 9.52 Å². The summed E-state index contributed by atoms with van der Waals surface area (Å²) in [6, 6.07) is 1.79. The summed E-state index contributed by atoms with van der Waals surface area (Å²) in [5, 5.41) is 8.54. The molecule has 71 valence electrons. The average Bonchev–Trinajstić information content (AvgIpc) is 2.60. The summed E-state index contributed by atoms with van der Waals surface area (Å²) in [7, 11) is 0. The van der Waals surface area contributed by atoms with E-state index in [4.69, 9.17) is 9.52 Å². The molecule has 1 N–H and O–H groups in total. The zero-order valence-electron chi connectivity index (χ0n) is 7.45. The van der Waals surface area contributed by atoms with Gasteiger partial charge in [-0.05, 0) is 25.3 Å². The third-order valence-electron chi connectivity index (χ3n) is 1.94. The summed E-state index contributed by atoms with van der Waals surface area (Å²) in [5.74, 6) is 0.309. The van der Waals surface area contributed by atoms with E-state index in [0.717, 1.165) is 31.2 Å². The smallest absolute Gasteiger partial charge is 0.272 e. The van der Waals surface area contributed by atoms with Crippen molar-refractivity contribution in [2.24, 2.45) is 0 Å². The van der Waals surface area contributed by atoms with Gasteiger partial charge in [0.05, 0.1) is 6.26 Å². The molecule has 0 aromatic carbocycles. The number of furan rings is 1. The van der Waals surface area contributed by atoms with Crippen molar-refractivity contribution in [2.45, 2.75) is 25.7 Å². The van der Waals surface area contributed by atoms with Crippen LogP contribution in [0.25, 0.3) is 0 Å². The molecule has 0 saturated heterocycles. The van der Waals surface area contributed by atoms with Gasteiger partial charge in [-0.1, -0.05) is 6.42 Å². The van der Waals surface area contributed by atoms with Crippen LogP contribution in [0.5, 0.6) is 0 Å². The van der Waals surface area contributed by atoms with Gasteiger partial charge in [-0.25, -0.2) is 0 Å². The molecule has 3 heteroatoms. The minimum Gasteiger partial charge on any atom is -0.460 e. The molecule has 1 heterocycles. The molecule has 0 fully saturated rings. The normalized spacial score (nSPS) is 10.2. The number of hydrogen-bond acceptors (Lipinski definition) is 3. The van der Waals surface area contributed by atoms with Crippen molar-refractivity contribution in [3.05, 3.63) is 23.7 Å². The van der Waals surface area contributed by atoms with E-state index in [1.165, 1.54) is 6.26 Å². The minimum atomic E-state index is 0.234. The fraction of sp³-hybridized carbons (Fsp3) is 0.500. The molecular formula is C10H13O3. The molecule has 0 spiro atoms. The Morgan fingerprint density at radius 3 is 2.92 bits per heavy atom. The van der Waals surface area contributed by atoms with E-state index in [9.17, 15) is 4.79 Å². The highest BCUT2D eigenvalue weighted by atomic mass is 16.3. The van der Waals surface area contributed by atoms with Crippen molar-refractivity contribution in [1.29, 1.82) is 0 Å². The fourth-order valence-corrected chi connectivity index (χ4v) is 1.23. The SMILES string of the molecule is O=[C]c1occc1CCCCCO. The van der Waals surface area contributed by atoms with Crippen molar-refractivity contribution in [1.82, 2.24) is 0 Å². The second-order valence-electron chi connectivity index (χ2n) is 2.91. The summed E-state index contributed by atoms with van der Waals surface area (Å²) in [6.45, 7) is 0.234. The van der Waals surface area contributed by atoms with E-state index in [1.807, 2.05) is 0 Å². The number of aryl methyl sites for hydroxylation is 1. The molecule has 3 nitrogen and oxygen atoms in total. The maximum atomic E-state index is 10.3. The number of unbranched alkanes of at least 4 members (excludes halogenated alkanes) is 2. The van der Waals surface area contributed by atoms with Gasteiger partial charge in [0.15, 0.2) is 5.76 Å². The maximum Gasteiger partial charge on any atom is 0.272 e. The zero-order chi connectivity index (χ0) is 9.52. The van der Waals surface area contributed by atoms with Gasteiger partial charge in [-0.3, -0.25) is 4.79 Å². The Balaban J connectivity index is 2.31. The van der Waals surface area contributed by atoms with Crippen molar-refractivity contribution < 1.29 is 14.3 Å². The van der Waals surface area contributed by atoms with E-state index in [1.54, 1.807) is 12.4 Å². The Hall–Kier alpha value is -1.09. The summed E-state index contributed by atoms with van der Waals surface area (Å²) < 4.78 is 4.90. The maximum absolute atomic E-state index is 10.3. The molecule has 0 aliphatic heterocycles. The lowest BCUT2D eigenvalue weighted by atomic mass is 10.1. The lowest BCUT2D eigenvalue weighted by Gasteiger charge is -1.97. The monoisotopic (exact) mass is 181 g/mol. The first-order valence-corrected chi connectivity index (χ1v) is 4.44. The van der Waals surface area contributed by atoms with E-state index < -0.39 is 0 Å². The Bertz CT molecular complexity index is 252. The van der Waals surface area contributed by atoms with Crippen LogP contribution in [0.3, 0.4) is 0 Å². The highest BCUT2D eigenvalue weighted by molar-refractivity contribution is 5.73. The Kier molecular flexibility index (Phi) is 4.26. The van der Waals surface area contributed by atoms with Gasteiger partial charge in [0.1, 0.15) is 0 Å². The molecule has 1 rings (SSSR count). The van der Waals surface area contributed by atoms with Crippen LogP contribution in [0.1, 0.15) is 30.6 Å². The van der Waals surface area contributed by atoms with E-state index in [2.05, 4.69) is 0 Å². The number of aliphatic hydroxyl groups is 1. The molecule has 0 amide bonds. The van der Waals surface area contributed by atoms with Crippen molar-refractivity contribution >= 4 is 6.29 Å². The second-order valence-corrected chi connectivity index (χ2v) is 2.91. The quantitative estimate of drug-likeness (QED) is 0.675. The van der Waals surface area contributed by atoms with Gasteiger partial charge in [0.25, 0.3) is 6.29 Å².